The van der Waals surface area contributed by atoms with Crippen LogP contribution in [0.5, 0.6) is 0 Å². The van der Waals surface area contributed by atoms with E-state index in [1.165, 1.54) is 0 Å². The Morgan fingerprint density at radius 3 is 1.71 bits per heavy atom. The van der Waals surface area contributed by atoms with Crippen molar-refractivity contribution >= 4 is 5.97 Å². The van der Waals surface area contributed by atoms with Crippen molar-refractivity contribution in [2.45, 2.75) is 48.5 Å². The van der Waals surface area contributed by atoms with Crippen LogP contribution in [0.25, 0.3) is 0 Å². The Morgan fingerprint density at radius 1 is 1.14 bits per heavy atom. The highest BCUT2D eigenvalue weighted by atomic mass is 16.5. The van der Waals surface area contributed by atoms with Gasteiger partial charge in [0, 0.05) is 0 Å². The van der Waals surface area contributed by atoms with Gasteiger partial charge in [0.2, 0.25) is 0 Å². The van der Waals surface area contributed by atoms with Crippen LogP contribution in [0.15, 0.2) is 0 Å². The van der Waals surface area contributed by atoms with E-state index in [1.807, 2.05) is 20.8 Å². The summed E-state index contributed by atoms with van der Waals surface area (Å²) in [5.74, 6) is 0.0532. The van der Waals surface area contributed by atoms with Crippen molar-refractivity contribution in [3.05, 3.63) is 0 Å². The second-order valence-corrected chi connectivity index (χ2v) is 4.63. The summed E-state index contributed by atoms with van der Waals surface area (Å²) in [5.41, 5.74) is 0.221. The third-order valence-electron chi connectivity index (χ3n) is 3.54. The molecule has 1 aliphatic carbocycles. The van der Waals surface area contributed by atoms with E-state index in [1.54, 1.807) is 0 Å². The van der Waals surface area contributed by atoms with Gasteiger partial charge in [0.05, 0.1) is 12.5 Å². The molecule has 0 amide bonds. The average Bonchev–Trinajstić information content (AvgIpc) is 2.47. The maximum absolute atomic E-state index is 11.4. The molecule has 0 aromatic carbocycles. The Balaban J connectivity index is 0.000000791. The van der Waals surface area contributed by atoms with Crippen molar-refractivity contribution < 1.29 is 9.53 Å². The molecule has 1 aliphatic rings. The van der Waals surface area contributed by atoms with Crippen LogP contribution in [0.4, 0.5) is 0 Å². The maximum Gasteiger partial charge on any atom is 0.310 e. The molecule has 84 valence electrons. The first-order valence-corrected chi connectivity index (χ1v) is 5.52. The molecule has 14 heavy (non-hydrogen) atoms. The monoisotopic (exact) mass is 200 g/mol. The molecule has 1 rings (SSSR count). The molecule has 0 spiro atoms. The first-order valence-electron chi connectivity index (χ1n) is 5.52. The predicted molar refractivity (Wildman–Crippen MR) is 59.0 cm³/mol. The van der Waals surface area contributed by atoms with Gasteiger partial charge in [-0.1, -0.05) is 41.5 Å². The zero-order valence-corrected chi connectivity index (χ0v) is 10.6. The molecule has 2 nitrogen and oxygen atoms in total. The minimum absolute atomic E-state index is 0.0347. The number of esters is 1. The molecule has 0 atom stereocenters. The summed E-state index contributed by atoms with van der Waals surface area (Å²) in [5, 5.41) is 0. The van der Waals surface area contributed by atoms with E-state index in [-0.39, 0.29) is 22.7 Å². The topological polar surface area (TPSA) is 26.3 Å². The van der Waals surface area contributed by atoms with Gasteiger partial charge in [0.25, 0.3) is 0 Å². The van der Waals surface area contributed by atoms with Gasteiger partial charge < -0.3 is 4.74 Å². The fourth-order valence-corrected chi connectivity index (χ4v) is 2.01. The van der Waals surface area contributed by atoms with E-state index >= 15 is 0 Å². The number of rotatable bonds is 2. The van der Waals surface area contributed by atoms with Crippen molar-refractivity contribution in [3.63, 3.8) is 0 Å². The molecular weight excluding hydrogens is 176 g/mol. The van der Waals surface area contributed by atoms with Crippen LogP contribution in [0.2, 0.25) is 0 Å². The van der Waals surface area contributed by atoms with Crippen LogP contribution in [0.1, 0.15) is 48.5 Å². The van der Waals surface area contributed by atoms with E-state index in [0.29, 0.717) is 6.61 Å². The Morgan fingerprint density at radius 2 is 1.50 bits per heavy atom. The largest absolute Gasteiger partial charge is 0.466 e. The quantitative estimate of drug-likeness (QED) is 0.639. The van der Waals surface area contributed by atoms with E-state index < -0.39 is 0 Å². The summed E-state index contributed by atoms with van der Waals surface area (Å²) < 4.78 is 5.00. The molecule has 0 radical (unpaired) electrons. The van der Waals surface area contributed by atoms with Gasteiger partial charge >= 0.3 is 5.97 Å². The Labute approximate surface area is 88.0 Å². The Bertz CT molecular complexity index is 190. The number of carbonyl (C=O) groups excluding carboxylic acids is 1. The summed E-state index contributed by atoms with van der Waals surface area (Å²) in [6.45, 7) is 14.8. The molecule has 1 fully saturated rings. The van der Waals surface area contributed by atoms with Crippen LogP contribution >= 0.6 is 0 Å². The van der Waals surface area contributed by atoms with Gasteiger partial charge in [-0.15, -0.1) is 0 Å². The summed E-state index contributed by atoms with van der Waals surface area (Å²) >= 11 is 0. The standard InChI is InChI=1S/C10H18O2.C2H6/c1-6-12-8(11)7-9(2,3)10(7,4)5;1-2/h7H,6H2,1-5H3;1-2H3. The van der Waals surface area contributed by atoms with E-state index in [9.17, 15) is 4.79 Å². The van der Waals surface area contributed by atoms with E-state index in [4.69, 9.17) is 4.74 Å². The van der Waals surface area contributed by atoms with Gasteiger partial charge in [-0.05, 0) is 17.8 Å². The van der Waals surface area contributed by atoms with Gasteiger partial charge in [0.1, 0.15) is 0 Å². The highest BCUT2D eigenvalue weighted by Gasteiger charge is 2.69. The molecule has 0 heterocycles. The third-order valence-corrected chi connectivity index (χ3v) is 3.54. The molecule has 0 saturated heterocycles. The lowest BCUT2D eigenvalue weighted by Crippen LogP contribution is -2.10. The molecule has 0 aromatic rings. The minimum Gasteiger partial charge on any atom is -0.466 e. The molecule has 0 N–H and O–H groups in total. The molecule has 0 bridgehead atoms. The summed E-state index contributed by atoms with van der Waals surface area (Å²) in [6, 6.07) is 0. The zero-order valence-electron chi connectivity index (χ0n) is 10.6. The number of carbonyl (C=O) groups is 1. The summed E-state index contributed by atoms with van der Waals surface area (Å²) in [6.07, 6.45) is 0. The first kappa shape index (κ1) is 13.5. The second kappa shape index (κ2) is 4.33. The smallest absolute Gasteiger partial charge is 0.310 e. The van der Waals surface area contributed by atoms with Crippen LogP contribution in [0, 0.1) is 16.7 Å². The van der Waals surface area contributed by atoms with Crippen LogP contribution in [-0.2, 0) is 9.53 Å². The predicted octanol–water partition coefficient (Wildman–Crippen LogP) is 3.26. The van der Waals surface area contributed by atoms with E-state index in [0.717, 1.165) is 0 Å². The Kier molecular flexibility index (Phi) is 4.16. The fraction of sp³-hybridized carbons (Fsp3) is 0.917. The van der Waals surface area contributed by atoms with Gasteiger partial charge in [-0.25, -0.2) is 0 Å². The maximum atomic E-state index is 11.4. The molecule has 0 unspecified atom stereocenters. The first-order chi connectivity index (χ1) is 6.35. The van der Waals surface area contributed by atoms with Crippen molar-refractivity contribution in [3.8, 4) is 0 Å². The lowest BCUT2D eigenvalue weighted by atomic mass is 10.0. The summed E-state index contributed by atoms with van der Waals surface area (Å²) in [7, 11) is 0. The molecule has 0 aromatic heterocycles. The lowest BCUT2D eigenvalue weighted by molar-refractivity contribution is -0.146. The highest BCUT2D eigenvalue weighted by Crippen LogP contribution is 2.68. The summed E-state index contributed by atoms with van der Waals surface area (Å²) in [4.78, 5) is 11.4. The zero-order chi connectivity index (χ0) is 11.6. The molecule has 0 aliphatic heterocycles. The van der Waals surface area contributed by atoms with Crippen LogP contribution in [-0.4, -0.2) is 12.6 Å². The third kappa shape index (κ3) is 1.94. The van der Waals surface area contributed by atoms with Crippen LogP contribution in [0.3, 0.4) is 0 Å². The number of hydrogen-bond acceptors (Lipinski definition) is 2. The lowest BCUT2D eigenvalue weighted by Gasteiger charge is -2.03. The highest BCUT2D eigenvalue weighted by molar-refractivity contribution is 5.78. The van der Waals surface area contributed by atoms with Crippen LogP contribution < -0.4 is 0 Å². The fourth-order valence-electron chi connectivity index (χ4n) is 2.01. The van der Waals surface area contributed by atoms with Crippen molar-refractivity contribution in [1.29, 1.82) is 0 Å². The van der Waals surface area contributed by atoms with E-state index in [2.05, 4.69) is 27.7 Å². The number of ether oxygens (including phenoxy) is 1. The Hall–Kier alpha value is -0.530. The molecule has 1 saturated carbocycles. The molecular formula is C12H24O2. The van der Waals surface area contributed by atoms with Gasteiger partial charge in [-0.2, -0.15) is 0 Å². The minimum atomic E-state index is -0.0347. The normalized spacial score (nSPS) is 21.9. The number of hydrogen-bond donors (Lipinski definition) is 0. The van der Waals surface area contributed by atoms with Crippen molar-refractivity contribution in [2.24, 2.45) is 16.7 Å². The van der Waals surface area contributed by atoms with Crippen molar-refractivity contribution in [2.75, 3.05) is 6.61 Å². The average molecular weight is 200 g/mol. The second-order valence-electron chi connectivity index (χ2n) is 4.63. The van der Waals surface area contributed by atoms with Gasteiger partial charge in [0.15, 0.2) is 0 Å². The van der Waals surface area contributed by atoms with Crippen molar-refractivity contribution in [1.82, 2.24) is 0 Å². The molecule has 2 heteroatoms. The van der Waals surface area contributed by atoms with Gasteiger partial charge in [-0.3, -0.25) is 4.79 Å². The SMILES string of the molecule is CC.CCOC(=O)C1C(C)(C)C1(C)C.